The Labute approximate surface area is 239 Å². The minimum absolute atomic E-state index is 0.154. The number of amides is 1. The molecule has 6 fully saturated rings. The number of aromatic nitrogens is 2. The van der Waals surface area contributed by atoms with Gasteiger partial charge in [0, 0.05) is 73.5 Å². The normalized spacial score (nSPS) is 34.6. The molecule has 4 aliphatic carbocycles. The molecule has 0 N–H and O–H groups in total. The predicted molar refractivity (Wildman–Crippen MR) is 151 cm³/mol. The van der Waals surface area contributed by atoms with Crippen LogP contribution < -0.4 is 0 Å². The molecule has 3 heterocycles. The van der Waals surface area contributed by atoms with Gasteiger partial charge in [0.15, 0.2) is 5.16 Å². The second-order valence-electron chi connectivity index (χ2n) is 12.4. The lowest BCUT2D eigenvalue weighted by Crippen LogP contribution is -2.61. The van der Waals surface area contributed by atoms with Crippen molar-refractivity contribution < 1.29 is 9.18 Å². The number of halogens is 2. The average Bonchev–Trinajstić information content (AvgIpc) is 3.33. The topological polar surface area (TPSA) is 52.6 Å². The maximum atomic E-state index is 14.7. The standard InChI is InChI=1S/C30H37ClFN5OS/c31-25-3-1-4-26(32)24(25)18-37-17-23(39-30-33-5-2-6-34-30)16-27(37)29(38)36-9-7-35(8-10-36)28-21-12-19-11-20(14-21)15-22(28)13-19/h1-6,19-23,27-28H,7-18H2/t19?,20?,21?,22?,23-,27-,28?/m0/s1. The molecule has 1 aromatic heterocycles. The number of piperazine rings is 1. The van der Waals surface area contributed by atoms with E-state index in [1.165, 1.54) is 38.2 Å². The Balaban J connectivity index is 1.04. The zero-order valence-corrected chi connectivity index (χ0v) is 23.9. The molecule has 1 aromatic carbocycles. The fraction of sp³-hybridized carbons (Fsp3) is 0.633. The van der Waals surface area contributed by atoms with Gasteiger partial charge < -0.3 is 4.90 Å². The summed E-state index contributed by atoms with van der Waals surface area (Å²) in [5.74, 6) is 3.56. The molecule has 0 unspecified atom stereocenters. The van der Waals surface area contributed by atoms with Crippen LogP contribution in [0.1, 0.15) is 44.1 Å². The van der Waals surface area contributed by atoms with E-state index in [4.69, 9.17) is 11.6 Å². The number of nitrogens with zero attached hydrogens (tertiary/aromatic N) is 5. The molecule has 208 valence electrons. The summed E-state index contributed by atoms with van der Waals surface area (Å²) in [5, 5.41) is 1.28. The van der Waals surface area contributed by atoms with E-state index >= 15 is 0 Å². The quantitative estimate of drug-likeness (QED) is 0.458. The number of hydrogen-bond acceptors (Lipinski definition) is 6. The number of rotatable bonds is 6. The van der Waals surface area contributed by atoms with Gasteiger partial charge in [0.05, 0.1) is 6.04 Å². The Morgan fingerprint density at radius 3 is 2.31 bits per heavy atom. The molecule has 6 nitrogen and oxygen atoms in total. The average molecular weight is 570 g/mol. The number of carbonyl (C=O) groups is 1. The van der Waals surface area contributed by atoms with Crippen LogP contribution >= 0.6 is 23.4 Å². The first kappa shape index (κ1) is 26.2. The number of carbonyl (C=O) groups excluding carboxylic acids is 1. The molecule has 2 atom stereocenters. The van der Waals surface area contributed by atoms with Crippen molar-refractivity contribution in [2.75, 3.05) is 32.7 Å². The minimum Gasteiger partial charge on any atom is -0.339 e. The molecule has 2 aromatic rings. The molecule has 1 amide bonds. The lowest BCUT2D eigenvalue weighted by molar-refractivity contribution is -0.140. The summed E-state index contributed by atoms with van der Waals surface area (Å²) in [5.41, 5.74) is 0.463. The van der Waals surface area contributed by atoms with Gasteiger partial charge in [0.1, 0.15) is 5.82 Å². The van der Waals surface area contributed by atoms with E-state index in [1.807, 2.05) is 0 Å². The van der Waals surface area contributed by atoms with Crippen molar-refractivity contribution in [2.24, 2.45) is 23.7 Å². The highest BCUT2D eigenvalue weighted by Crippen LogP contribution is 2.55. The van der Waals surface area contributed by atoms with Crippen molar-refractivity contribution in [2.45, 2.75) is 67.6 Å². The molecule has 8 rings (SSSR count). The molecule has 39 heavy (non-hydrogen) atoms. The third-order valence-electron chi connectivity index (χ3n) is 10.1. The van der Waals surface area contributed by atoms with E-state index in [0.717, 1.165) is 55.9 Å². The highest BCUT2D eigenvalue weighted by molar-refractivity contribution is 7.99. The van der Waals surface area contributed by atoms with Crippen LogP contribution in [-0.2, 0) is 11.3 Å². The Morgan fingerprint density at radius 1 is 0.949 bits per heavy atom. The maximum absolute atomic E-state index is 14.7. The molecule has 0 spiro atoms. The largest absolute Gasteiger partial charge is 0.339 e. The summed E-state index contributed by atoms with van der Waals surface area (Å²) in [4.78, 5) is 29.7. The molecule has 2 saturated heterocycles. The first-order valence-corrected chi connectivity index (χ1v) is 15.9. The number of thioether (sulfide) groups is 1. The molecule has 4 saturated carbocycles. The van der Waals surface area contributed by atoms with E-state index < -0.39 is 0 Å². The second kappa shape index (κ2) is 10.9. The van der Waals surface area contributed by atoms with Crippen molar-refractivity contribution in [3.8, 4) is 0 Å². The third-order valence-corrected chi connectivity index (χ3v) is 11.6. The lowest BCUT2D eigenvalue weighted by atomic mass is 9.54. The first-order valence-electron chi connectivity index (χ1n) is 14.6. The Morgan fingerprint density at radius 2 is 1.64 bits per heavy atom. The highest BCUT2D eigenvalue weighted by Gasteiger charge is 2.50. The summed E-state index contributed by atoms with van der Waals surface area (Å²) < 4.78 is 14.7. The predicted octanol–water partition coefficient (Wildman–Crippen LogP) is 4.97. The van der Waals surface area contributed by atoms with Crippen molar-refractivity contribution in [1.82, 2.24) is 24.7 Å². The molecule has 6 aliphatic rings. The van der Waals surface area contributed by atoms with Crippen molar-refractivity contribution in [1.29, 1.82) is 0 Å². The van der Waals surface area contributed by atoms with Gasteiger partial charge in [-0.25, -0.2) is 14.4 Å². The van der Waals surface area contributed by atoms with Gasteiger partial charge in [-0.1, -0.05) is 29.4 Å². The molecule has 2 aliphatic heterocycles. The van der Waals surface area contributed by atoms with Crippen LogP contribution in [0.4, 0.5) is 4.39 Å². The van der Waals surface area contributed by atoms with Crippen LogP contribution in [0.3, 0.4) is 0 Å². The first-order chi connectivity index (χ1) is 19.0. The van der Waals surface area contributed by atoms with Gasteiger partial charge in [-0.2, -0.15) is 0 Å². The van der Waals surface area contributed by atoms with E-state index in [0.29, 0.717) is 35.3 Å². The molecular weight excluding hydrogens is 533 g/mol. The molecular formula is C30H37ClFN5OS. The number of benzene rings is 1. The Bertz CT molecular complexity index is 1150. The molecule has 0 radical (unpaired) electrons. The summed E-state index contributed by atoms with van der Waals surface area (Å²) in [6.07, 6.45) is 11.4. The van der Waals surface area contributed by atoms with E-state index in [-0.39, 0.29) is 23.0 Å². The summed E-state index contributed by atoms with van der Waals surface area (Å²) in [7, 11) is 0. The van der Waals surface area contributed by atoms with E-state index in [2.05, 4.69) is 24.7 Å². The number of likely N-dealkylation sites (tertiary alicyclic amines) is 1. The van der Waals surface area contributed by atoms with Crippen LogP contribution in [0.5, 0.6) is 0 Å². The summed E-state index contributed by atoms with van der Waals surface area (Å²) >= 11 is 8.00. The highest BCUT2D eigenvalue weighted by atomic mass is 35.5. The van der Waals surface area contributed by atoms with Gasteiger partial charge >= 0.3 is 0 Å². The van der Waals surface area contributed by atoms with Crippen LogP contribution in [0.25, 0.3) is 0 Å². The van der Waals surface area contributed by atoms with E-state index in [9.17, 15) is 9.18 Å². The second-order valence-corrected chi connectivity index (χ2v) is 14.1. The van der Waals surface area contributed by atoms with E-state index in [1.54, 1.807) is 42.4 Å². The van der Waals surface area contributed by atoms with Crippen LogP contribution in [0.15, 0.2) is 41.8 Å². The summed E-state index contributed by atoms with van der Waals surface area (Å²) in [6.45, 7) is 4.50. The zero-order valence-electron chi connectivity index (χ0n) is 22.3. The fourth-order valence-corrected chi connectivity index (χ4v) is 10.0. The van der Waals surface area contributed by atoms with Crippen LogP contribution in [0, 0.1) is 29.5 Å². The monoisotopic (exact) mass is 569 g/mol. The van der Waals surface area contributed by atoms with Gasteiger partial charge in [-0.15, -0.1) is 0 Å². The SMILES string of the molecule is O=C([C@@H]1C[C@H](Sc2ncccn2)CN1Cc1c(F)cccc1Cl)N1CCN(C2C3CC4CC(C3)CC2C4)CC1. The van der Waals surface area contributed by atoms with Gasteiger partial charge in [-0.3, -0.25) is 14.6 Å². The van der Waals surface area contributed by atoms with Crippen LogP contribution in [-0.4, -0.2) is 80.6 Å². The molecule has 4 bridgehead atoms. The number of hydrogen-bond donors (Lipinski definition) is 0. The van der Waals surface area contributed by atoms with Crippen molar-refractivity contribution >= 4 is 29.3 Å². The molecule has 9 heteroatoms. The minimum atomic E-state index is -0.319. The van der Waals surface area contributed by atoms with Crippen molar-refractivity contribution in [3.63, 3.8) is 0 Å². The Hall–Kier alpha value is -1.74. The Kier molecular flexibility index (Phi) is 7.33. The fourth-order valence-electron chi connectivity index (χ4n) is 8.70. The third kappa shape index (κ3) is 5.22. The zero-order chi connectivity index (χ0) is 26.5. The maximum Gasteiger partial charge on any atom is 0.240 e. The van der Waals surface area contributed by atoms with Gasteiger partial charge in [0.2, 0.25) is 5.91 Å². The lowest BCUT2D eigenvalue weighted by Gasteiger charge is -2.58. The summed E-state index contributed by atoms with van der Waals surface area (Å²) in [6, 6.07) is 7.03. The smallest absolute Gasteiger partial charge is 0.240 e. The van der Waals surface area contributed by atoms with Crippen LogP contribution in [0.2, 0.25) is 5.02 Å². The van der Waals surface area contributed by atoms with Gasteiger partial charge in [-0.05, 0) is 80.4 Å². The van der Waals surface area contributed by atoms with Crippen molar-refractivity contribution in [3.05, 3.63) is 53.1 Å². The van der Waals surface area contributed by atoms with Gasteiger partial charge in [0.25, 0.3) is 0 Å².